The van der Waals surface area contributed by atoms with Gasteiger partial charge in [-0.15, -0.1) is 6.58 Å². The van der Waals surface area contributed by atoms with Crippen LogP contribution in [-0.2, 0) is 5.60 Å². The summed E-state index contributed by atoms with van der Waals surface area (Å²) in [6.45, 7) is 3.75. The molecule has 3 rings (SSSR count). The van der Waals surface area contributed by atoms with Gasteiger partial charge < -0.3 is 9.52 Å². The molecule has 1 unspecified atom stereocenters. The molecule has 2 heteroatoms. The predicted octanol–water partition coefficient (Wildman–Crippen LogP) is 4.63. The molecule has 1 aromatic heterocycles. The Hall–Kier alpha value is -2.32. The van der Waals surface area contributed by atoms with Crippen LogP contribution in [0, 0.1) is 0 Å². The number of rotatable bonds is 5. The molecule has 0 radical (unpaired) electrons. The van der Waals surface area contributed by atoms with E-state index in [2.05, 4.69) is 6.58 Å². The molecular formula is C19H18O2. The fraction of sp³-hybridized carbons (Fsp3) is 0.158. The first kappa shape index (κ1) is 13.7. The van der Waals surface area contributed by atoms with Crippen LogP contribution in [0.1, 0.15) is 24.2 Å². The van der Waals surface area contributed by atoms with E-state index in [4.69, 9.17) is 4.42 Å². The van der Waals surface area contributed by atoms with Crippen LogP contribution in [0.3, 0.4) is 0 Å². The highest BCUT2D eigenvalue weighted by atomic mass is 16.4. The van der Waals surface area contributed by atoms with E-state index in [-0.39, 0.29) is 0 Å². The minimum absolute atomic E-state index is 0.542. The molecule has 0 bridgehead atoms. The highest BCUT2D eigenvalue weighted by molar-refractivity contribution is 5.78. The number of benzene rings is 2. The zero-order chi connectivity index (χ0) is 14.7. The van der Waals surface area contributed by atoms with Gasteiger partial charge in [0.25, 0.3) is 0 Å². The Morgan fingerprint density at radius 1 is 1.05 bits per heavy atom. The van der Waals surface area contributed by atoms with Gasteiger partial charge in [-0.1, -0.05) is 54.6 Å². The molecule has 3 aromatic rings. The number of hydrogen-bond donors (Lipinski definition) is 1. The normalized spacial score (nSPS) is 14.0. The third kappa shape index (κ3) is 2.50. The summed E-state index contributed by atoms with van der Waals surface area (Å²) in [5.41, 5.74) is 0.500. The van der Waals surface area contributed by atoms with Crippen LogP contribution < -0.4 is 0 Å². The van der Waals surface area contributed by atoms with Crippen molar-refractivity contribution in [3.8, 4) is 0 Å². The first-order valence-electron chi connectivity index (χ1n) is 7.12. The molecule has 0 fully saturated rings. The van der Waals surface area contributed by atoms with Crippen molar-refractivity contribution in [1.29, 1.82) is 0 Å². The second-order valence-corrected chi connectivity index (χ2v) is 5.20. The molecule has 106 valence electrons. The molecule has 0 spiro atoms. The number of hydrogen-bond acceptors (Lipinski definition) is 2. The lowest BCUT2D eigenvalue weighted by Gasteiger charge is -2.26. The van der Waals surface area contributed by atoms with Crippen molar-refractivity contribution in [1.82, 2.24) is 0 Å². The molecule has 0 aliphatic rings. The maximum atomic E-state index is 11.2. The average molecular weight is 278 g/mol. The first-order valence-corrected chi connectivity index (χ1v) is 7.12. The van der Waals surface area contributed by atoms with E-state index in [1.807, 2.05) is 66.7 Å². The minimum Gasteiger partial charge on any atom is -0.458 e. The van der Waals surface area contributed by atoms with Gasteiger partial charge in [-0.3, -0.25) is 0 Å². The summed E-state index contributed by atoms with van der Waals surface area (Å²) in [7, 11) is 0. The zero-order valence-corrected chi connectivity index (χ0v) is 11.8. The van der Waals surface area contributed by atoms with Gasteiger partial charge in [-0.2, -0.15) is 0 Å². The summed E-state index contributed by atoms with van der Waals surface area (Å²) in [4.78, 5) is 0. The van der Waals surface area contributed by atoms with Crippen LogP contribution in [0.5, 0.6) is 0 Å². The maximum absolute atomic E-state index is 11.2. The second-order valence-electron chi connectivity index (χ2n) is 5.20. The van der Waals surface area contributed by atoms with E-state index < -0.39 is 5.60 Å². The Morgan fingerprint density at radius 2 is 1.76 bits per heavy atom. The molecular weight excluding hydrogens is 260 g/mol. The molecule has 1 N–H and O–H groups in total. The predicted molar refractivity (Wildman–Crippen MR) is 85.1 cm³/mol. The van der Waals surface area contributed by atoms with Gasteiger partial charge in [0, 0.05) is 5.39 Å². The van der Waals surface area contributed by atoms with Crippen molar-refractivity contribution in [3.63, 3.8) is 0 Å². The van der Waals surface area contributed by atoms with Crippen LogP contribution in [0.15, 0.2) is 77.7 Å². The van der Waals surface area contributed by atoms with Crippen LogP contribution >= 0.6 is 0 Å². The average Bonchev–Trinajstić information content (AvgIpc) is 2.98. The molecule has 21 heavy (non-hydrogen) atoms. The summed E-state index contributed by atoms with van der Waals surface area (Å²) < 4.78 is 5.90. The molecule has 2 aromatic carbocycles. The van der Waals surface area contributed by atoms with E-state index in [9.17, 15) is 5.11 Å². The lowest BCUT2D eigenvalue weighted by Crippen LogP contribution is -2.26. The number of fused-ring (bicyclic) bond motifs is 1. The summed E-state index contributed by atoms with van der Waals surface area (Å²) in [6.07, 6.45) is 3.07. The van der Waals surface area contributed by atoms with Gasteiger partial charge in [0.05, 0.1) is 0 Å². The van der Waals surface area contributed by atoms with E-state index in [0.29, 0.717) is 18.6 Å². The van der Waals surface area contributed by atoms with Crippen LogP contribution in [0.2, 0.25) is 0 Å². The molecule has 0 saturated carbocycles. The van der Waals surface area contributed by atoms with E-state index in [0.717, 1.165) is 16.5 Å². The fourth-order valence-electron chi connectivity index (χ4n) is 2.62. The highest BCUT2D eigenvalue weighted by Crippen LogP contribution is 2.37. The first-order chi connectivity index (χ1) is 10.2. The highest BCUT2D eigenvalue weighted by Gasteiger charge is 2.34. The van der Waals surface area contributed by atoms with Crippen molar-refractivity contribution in [2.75, 3.05) is 0 Å². The SMILES string of the molecule is C=CCCC(O)(c1ccccc1)c1cc2ccccc2o1. The van der Waals surface area contributed by atoms with Crippen LogP contribution in [0.4, 0.5) is 0 Å². The topological polar surface area (TPSA) is 33.4 Å². The molecule has 1 atom stereocenters. The lowest BCUT2D eigenvalue weighted by molar-refractivity contribution is 0.0503. The van der Waals surface area contributed by atoms with Gasteiger partial charge in [-0.05, 0) is 30.5 Å². The standard InChI is InChI=1S/C19H18O2/c1-2-3-13-19(20,16-10-5-4-6-11-16)18-14-15-9-7-8-12-17(15)21-18/h2,4-12,14,20H,1,3,13H2. The zero-order valence-electron chi connectivity index (χ0n) is 11.8. The smallest absolute Gasteiger partial charge is 0.147 e. The summed E-state index contributed by atoms with van der Waals surface area (Å²) in [5, 5.41) is 12.2. The molecule has 1 heterocycles. The largest absolute Gasteiger partial charge is 0.458 e. The van der Waals surface area contributed by atoms with Crippen molar-refractivity contribution in [2.24, 2.45) is 0 Å². The number of allylic oxidation sites excluding steroid dienone is 1. The van der Waals surface area contributed by atoms with E-state index in [1.54, 1.807) is 0 Å². The van der Waals surface area contributed by atoms with Crippen molar-refractivity contribution in [2.45, 2.75) is 18.4 Å². The van der Waals surface area contributed by atoms with Gasteiger partial charge in [0.2, 0.25) is 0 Å². The lowest BCUT2D eigenvalue weighted by atomic mass is 9.86. The van der Waals surface area contributed by atoms with Crippen LogP contribution in [-0.4, -0.2) is 5.11 Å². The van der Waals surface area contributed by atoms with Gasteiger partial charge in [0.1, 0.15) is 16.9 Å². The Balaban J connectivity index is 2.12. The molecule has 0 aliphatic carbocycles. The summed E-state index contributed by atoms with van der Waals surface area (Å²) >= 11 is 0. The Bertz CT molecular complexity index is 709. The van der Waals surface area contributed by atoms with Crippen LogP contribution in [0.25, 0.3) is 11.0 Å². The monoisotopic (exact) mass is 278 g/mol. The van der Waals surface area contributed by atoms with Gasteiger partial charge in [-0.25, -0.2) is 0 Å². The molecule has 0 amide bonds. The van der Waals surface area contributed by atoms with Crippen molar-refractivity contribution >= 4 is 11.0 Å². The Labute approximate surface area is 124 Å². The van der Waals surface area contributed by atoms with E-state index in [1.165, 1.54) is 0 Å². The minimum atomic E-state index is -1.13. The summed E-state index contributed by atoms with van der Waals surface area (Å²) in [6, 6.07) is 19.4. The molecule has 2 nitrogen and oxygen atoms in total. The second kappa shape index (κ2) is 5.58. The number of aliphatic hydroxyl groups is 1. The van der Waals surface area contributed by atoms with Crippen molar-refractivity contribution < 1.29 is 9.52 Å². The third-order valence-electron chi connectivity index (χ3n) is 3.79. The van der Waals surface area contributed by atoms with Gasteiger partial charge >= 0.3 is 0 Å². The fourth-order valence-corrected chi connectivity index (χ4v) is 2.62. The van der Waals surface area contributed by atoms with Crippen molar-refractivity contribution in [3.05, 3.63) is 84.6 Å². The Morgan fingerprint density at radius 3 is 2.48 bits per heavy atom. The maximum Gasteiger partial charge on any atom is 0.147 e. The number of para-hydroxylation sites is 1. The summed E-state index contributed by atoms with van der Waals surface area (Å²) in [5.74, 6) is 0.580. The molecule has 0 aliphatic heterocycles. The molecule has 0 saturated heterocycles. The quantitative estimate of drug-likeness (QED) is 0.690. The van der Waals surface area contributed by atoms with E-state index >= 15 is 0 Å². The van der Waals surface area contributed by atoms with Gasteiger partial charge in [0.15, 0.2) is 0 Å². The third-order valence-corrected chi connectivity index (χ3v) is 3.79. The number of furan rings is 1. The Kier molecular flexibility index (Phi) is 3.63.